The molecule has 1 heterocycles. The van der Waals surface area contributed by atoms with E-state index in [2.05, 4.69) is 10.6 Å². The molecule has 1 aromatic heterocycles. The maximum absolute atomic E-state index is 12.0. The summed E-state index contributed by atoms with van der Waals surface area (Å²) in [5.74, 6) is -1.27. The number of thiophene rings is 1. The van der Waals surface area contributed by atoms with Gasteiger partial charge in [-0.3, -0.25) is 9.59 Å². The molecule has 7 heteroatoms. The van der Waals surface area contributed by atoms with Gasteiger partial charge in [-0.15, -0.1) is 11.3 Å². The number of rotatable bonds is 5. The number of fused-ring (bicyclic) bond motifs is 1. The molecule has 0 saturated heterocycles. The summed E-state index contributed by atoms with van der Waals surface area (Å²) in [5, 5.41) is 4.76. The lowest BCUT2D eigenvalue weighted by Gasteiger charge is -2.05. The first kappa shape index (κ1) is 16.5. The third-order valence-corrected chi connectivity index (χ3v) is 4.72. The molecular formula is C15H20N2O4S. The van der Waals surface area contributed by atoms with Crippen molar-refractivity contribution in [2.75, 3.05) is 20.2 Å². The number of esters is 1. The minimum atomic E-state index is -0.491. The molecule has 0 fully saturated rings. The second kappa shape index (κ2) is 7.93. The fourth-order valence-electron chi connectivity index (χ4n) is 2.29. The second-order valence-electron chi connectivity index (χ2n) is 5.15. The Labute approximate surface area is 133 Å². The Morgan fingerprint density at radius 3 is 2.73 bits per heavy atom. The van der Waals surface area contributed by atoms with Gasteiger partial charge >= 0.3 is 5.97 Å². The zero-order valence-electron chi connectivity index (χ0n) is 12.6. The molecule has 0 radical (unpaired) electrons. The van der Waals surface area contributed by atoms with Crippen molar-refractivity contribution >= 4 is 29.1 Å². The van der Waals surface area contributed by atoms with Crippen LogP contribution in [-0.4, -0.2) is 38.0 Å². The molecule has 0 saturated carbocycles. The first-order valence-corrected chi connectivity index (χ1v) is 8.18. The lowest BCUT2D eigenvalue weighted by Crippen LogP contribution is -2.37. The van der Waals surface area contributed by atoms with Crippen molar-refractivity contribution in [2.24, 2.45) is 0 Å². The van der Waals surface area contributed by atoms with Crippen LogP contribution < -0.4 is 10.6 Å². The van der Waals surface area contributed by atoms with Crippen LogP contribution in [0, 0.1) is 0 Å². The molecule has 2 amide bonds. The van der Waals surface area contributed by atoms with Gasteiger partial charge in [0.05, 0.1) is 6.54 Å². The normalized spacial score (nSPS) is 13.7. The average molecular weight is 324 g/mol. The molecule has 1 aliphatic rings. The van der Waals surface area contributed by atoms with Crippen molar-refractivity contribution in [3.05, 3.63) is 21.4 Å². The van der Waals surface area contributed by atoms with E-state index >= 15 is 0 Å². The molecule has 0 bridgehead atoms. The summed E-state index contributed by atoms with van der Waals surface area (Å²) in [5.41, 5.74) is 1.23. The lowest BCUT2D eigenvalue weighted by molar-refractivity contribution is -0.127. The number of aryl methyl sites for hydroxylation is 2. The van der Waals surface area contributed by atoms with Gasteiger partial charge in [-0.05, 0) is 37.3 Å². The van der Waals surface area contributed by atoms with Gasteiger partial charge in [-0.25, -0.2) is 4.79 Å². The van der Waals surface area contributed by atoms with Gasteiger partial charge in [0.2, 0.25) is 5.91 Å². The Kier molecular flexibility index (Phi) is 5.94. The smallest absolute Gasteiger partial charge is 0.348 e. The molecule has 0 spiro atoms. The van der Waals surface area contributed by atoms with E-state index < -0.39 is 11.9 Å². The fraction of sp³-hybridized carbons (Fsp3) is 0.533. The minimum absolute atomic E-state index is 0.125. The number of hydrogen-bond donors (Lipinski definition) is 2. The summed E-state index contributed by atoms with van der Waals surface area (Å²) < 4.78 is 4.99. The van der Waals surface area contributed by atoms with Crippen LogP contribution in [0.1, 0.15) is 39.4 Å². The number of hydrogen-bond acceptors (Lipinski definition) is 5. The van der Waals surface area contributed by atoms with Gasteiger partial charge in [0.15, 0.2) is 6.61 Å². The van der Waals surface area contributed by atoms with Crippen LogP contribution in [0.25, 0.3) is 0 Å². The number of amides is 2. The van der Waals surface area contributed by atoms with E-state index in [9.17, 15) is 14.4 Å². The summed E-state index contributed by atoms with van der Waals surface area (Å²) >= 11 is 1.46. The van der Waals surface area contributed by atoms with Gasteiger partial charge in [0.25, 0.3) is 5.91 Å². The van der Waals surface area contributed by atoms with E-state index in [1.54, 1.807) is 0 Å². The zero-order chi connectivity index (χ0) is 15.9. The number of carbonyl (C=O) groups excluding carboxylic acids is 3. The molecule has 2 N–H and O–H groups in total. The van der Waals surface area contributed by atoms with E-state index in [1.807, 2.05) is 6.07 Å². The van der Waals surface area contributed by atoms with Crippen LogP contribution in [0.3, 0.4) is 0 Å². The average Bonchev–Trinajstić information content (AvgIpc) is 2.81. The Bertz CT molecular complexity index is 544. The molecular weight excluding hydrogens is 304 g/mol. The van der Waals surface area contributed by atoms with Crippen molar-refractivity contribution in [1.29, 1.82) is 0 Å². The van der Waals surface area contributed by atoms with E-state index in [0.717, 1.165) is 25.7 Å². The SMILES string of the molecule is CNC(=O)CNC(=O)COC(=O)c1cc2c(s1)CCCCC2. The monoisotopic (exact) mass is 324 g/mol. The Morgan fingerprint density at radius 1 is 1.18 bits per heavy atom. The zero-order valence-corrected chi connectivity index (χ0v) is 13.4. The molecule has 120 valence electrons. The third kappa shape index (κ3) is 4.56. The summed E-state index contributed by atoms with van der Waals surface area (Å²) in [4.78, 5) is 36.2. The molecule has 6 nitrogen and oxygen atoms in total. The third-order valence-electron chi connectivity index (χ3n) is 3.51. The van der Waals surface area contributed by atoms with Crippen LogP contribution in [0.2, 0.25) is 0 Å². The molecule has 2 rings (SSSR count). The molecule has 1 aliphatic carbocycles. The largest absolute Gasteiger partial charge is 0.451 e. The van der Waals surface area contributed by atoms with Gasteiger partial charge in [-0.1, -0.05) is 6.42 Å². The fourth-order valence-corrected chi connectivity index (χ4v) is 3.44. The number of carbonyl (C=O) groups is 3. The molecule has 22 heavy (non-hydrogen) atoms. The van der Waals surface area contributed by atoms with Crippen LogP contribution in [0.15, 0.2) is 6.07 Å². The predicted molar refractivity (Wildman–Crippen MR) is 82.9 cm³/mol. The van der Waals surface area contributed by atoms with Crippen molar-refractivity contribution in [2.45, 2.75) is 32.1 Å². The standard InChI is InChI=1S/C15H20N2O4S/c1-16-13(18)8-17-14(19)9-21-15(20)12-7-10-5-3-2-4-6-11(10)22-12/h7H,2-6,8-9H2,1H3,(H,16,18)(H,17,19). The Balaban J connectivity index is 1.82. The van der Waals surface area contributed by atoms with Crippen LogP contribution in [-0.2, 0) is 27.2 Å². The van der Waals surface area contributed by atoms with Crippen molar-refractivity contribution < 1.29 is 19.1 Å². The van der Waals surface area contributed by atoms with Crippen molar-refractivity contribution in [3.63, 3.8) is 0 Å². The topological polar surface area (TPSA) is 84.5 Å². The highest BCUT2D eigenvalue weighted by atomic mass is 32.1. The van der Waals surface area contributed by atoms with Crippen LogP contribution in [0.5, 0.6) is 0 Å². The highest BCUT2D eigenvalue weighted by molar-refractivity contribution is 7.14. The van der Waals surface area contributed by atoms with E-state index in [-0.39, 0.29) is 19.1 Å². The molecule has 0 atom stereocenters. The first-order chi connectivity index (χ1) is 10.6. The highest BCUT2D eigenvalue weighted by Gasteiger charge is 2.18. The van der Waals surface area contributed by atoms with E-state index in [4.69, 9.17) is 4.74 Å². The van der Waals surface area contributed by atoms with Crippen LogP contribution in [0.4, 0.5) is 0 Å². The maximum Gasteiger partial charge on any atom is 0.348 e. The predicted octanol–water partition coefficient (Wildman–Crippen LogP) is 1.04. The summed E-state index contributed by atoms with van der Waals surface area (Å²) in [6.07, 6.45) is 5.56. The molecule has 0 aromatic carbocycles. The summed E-state index contributed by atoms with van der Waals surface area (Å²) in [6, 6.07) is 1.89. The molecule has 0 aliphatic heterocycles. The summed E-state index contributed by atoms with van der Waals surface area (Å²) in [7, 11) is 1.48. The Morgan fingerprint density at radius 2 is 1.95 bits per heavy atom. The molecule has 0 unspecified atom stereocenters. The van der Waals surface area contributed by atoms with Crippen molar-refractivity contribution in [1.82, 2.24) is 10.6 Å². The number of nitrogens with one attached hydrogen (secondary N) is 2. The van der Waals surface area contributed by atoms with Gasteiger partial charge in [0.1, 0.15) is 4.88 Å². The highest BCUT2D eigenvalue weighted by Crippen LogP contribution is 2.29. The lowest BCUT2D eigenvalue weighted by atomic mass is 10.1. The quantitative estimate of drug-likeness (QED) is 0.626. The number of ether oxygens (including phenoxy) is 1. The van der Waals surface area contributed by atoms with Crippen LogP contribution >= 0.6 is 11.3 Å². The van der Waals surface area contributed by atoms with Crippen molar-refractivity contribution in [3.8, 4) is 0 Å². The van der Waals surface area contributed by atoms with E-state index in [1.165, 1.54) is 35.2 Å². The van der Waals surface area contributed by atoms with E-state index in [0.29, 0.717) is 4.88 Å². The maximum atomic E-state index is 12.0. The summed E-state index contributed by atoms with van der Waals surface area (Å²) in [6.45, 7) is -0.501. The van der Waals surface area contributed by atoms with Gasteiger partial charge in [0, 0.05) is 11.9 Å². The second-order valence-corrected chi connectivity index (χ2v) is 6.28. The van der Waals surface area contributed by atoms with Gasteiger partial charge in [-0.2, -0.15) is 0 Å². The van der Waals surface area contributed by atoms with Gasteiger partial charge < -0.3 is 15.4 Å². The first-order valence-electron chi connectivity index (χ1n) is 7.36. The minimum Gasteiger partial charge on any atom is -0.451 e. The number of likely N-dealkylation sites (N-methyl/N-ethyl adjacent to an activating group) is 1. The Hall–Kier alpha value is -1.89. The molecule has 1 aromatic rings.